The van der Waals surface area contributed by atoms with Gasteiger partial charge < -0.3 is 4.74 Å². The molecule has 0 saturated heterocycles. The van der Waals surface area contributed by atoms with Crippen molar-refractivity contribution in [3.05, 3.63) is 24.5 Å². The van der Waals surface area contributed by atoms with Crippen LogP contribution in [0.2, 0.25) is 0 Å². The van der Waals surface area contributed by atoms with E-state index >= 15 is 0 Å². The fourth-order valence-corrected chi connectivity index (χ4v) is 2.63. The third-order valence-corrected chi connectivity index (χ3v) is 3.76. The van der Waals surface area contributed by atoms with E-state index in [9.17, 15) is 4.79 Å². The minimum absolute atomic E-state index is 0.182. The number of hydrogen-bond donors (Lipinski definition) is 0. The van der Waals surface area contributed by atoms with Gasteiger partial charge in [0.05, 0.1) is 13.3 Å². The van der Waals surface area contributed by atoms with E-state index in [2.05, 4.69) is 11.7 Å². The number of carbonyl (C=O) groups is 1. The maximum atomic E-state index is 12.2. The van der Waals surface area contributed by atoms with Gasteiger partial charge in [0.15, 0.2) is 5.54 Å². The van der Waals surface area contributed by atoms with Crippen LogP contribution in [0.25, 0.3) is 5.57 Å². The number of aromatic nitrogens is 2. The van der Waals surface area contributed by atoms with Crippen molar-refractivity contribution in [3.8, 4) is 0 Å². The molecular weight excluding hydrogens is 228 g/mol. The Balaban J connectivity index is 2.38. The van der Waals surface area contributed by atoms with Gasteiger partial charge in [-0.1, -0.05) is 25.8 Å². The second-order valence-electron chi connectivity index (χ2n) is 5.04. The van der Waals surface area contributed by atoms with Crippen LogP contribution in [0.5, 0.6) is 0 Å². The molecule has 0 aromatic carbocycles. The lowest BCUT2D eigenvalue weighted by Crippen LogP contribution is -2.44. The summed E-state index contributed by atoms with van der Waals surface area (Å²) in [6.07, 6.45) is 8.53. The zero-order valence-electron chi connectivity index (χ0n) is 11.1. The Morgan fingerprint density at radius 3 is 2.61 bits per heavy atom. The normalized spacial score (nSPS) is 18.3. The first-order chi connectivity index (χ1) is 8.60. The molecular formula is C14H20N2O2. The largest absolute Gasteiger partial charge is 0.467 e. The first kappa shape index (κ1) is 12.9. The summed E-state index contributed by atoms with van der Waals surface area (Å²) in [4.78, 5) is 12.2. The zero-order valence-corrected chi connectivity index (χ0v) is 11.1. The molecule has 1 aliphatic rings. The maximum absolute atomic E-state index is 12.2. The molecule has 4 nitrogen and oxygen atoms in total. The molecule has 0 radical (unpaired) electrons. The van der Waals surface area contributed by atoms with Crippen molar-refractivity contribution >= 4 is 11.5 Å². The predicted octanol–water partition coefficient (Wildman–Crippen LogP) is 2.75. The molecule has 98 valence electrons. The summed E-state index contributed by atoms with van der Waals surface area (Å²) in [5.74, 6) is -0.182. The minimum atomic E-state index is -0.610. The Labute approximate surface area is 108 Å². The summed E-state index contributed by atoms with van der Waals surface area (Å²) in [6.45, 7) is 5.84. The lowest BCUT2D eigenvalue weighted by Gasteiger charge is -2.34. The lowest BCUT2D eigenvalue weighted by atomic mass is 9.82. The highest BCUT2D eigenvalue weighted by Gasteiger charge is 2.43. The van der Waals surface area contributed by atoms with Crippen LogP contribution in [0, 0.1) is 0 Å². The molecule has 1 aliphatic carbocycles. The molecule has 0 amide bonds. The van der Waals surface area contributed by atoms with Crippen molar-refractivity contribution in [2.45, 2.75) is 44.6 Å². The standard InChI is InChI=1S/C14H20N2O2/c1-11(2)12-9-15-16(10-12)14(13(17)18-3)7-5-4-6-8-14/h9-10H,1,4-8H2,2-3H3. The number of ether oxygens (including phenoxy) is 1. The summed E-state index contributed by atoms with van der Waals surface area (Å²) in [6, 6.07) is 0. The quantitative estimate of drug-likeness (QED) is 0.772. The first-order valence-corrected chi connectivity index (χ1v) is 6.39. The van der Waals surface area contributed by atoms with Crippen molar-refractivity contribution in [1.82, 2.24) is 9.78 Å². The molecule has 1 saturated carbocycles. The second kappa shape index (κ2) is 4.96. The van der Waals surface area contributed by atoms with E-state index in [1.807, 2.05) is 13.1 Å². The van der Waals surface area contributed by atoms with Gasteiger partial charge in [-0.2, -0.15) is 5.10 Å². The van der Waals surface area contributed by atoms with Crippen LogP contribution >= 0.6 is 0 Å². The summed E-state index contributed by atoms with van der Waals surface area (Å²) in [7, 11) is 1.45. The van der Waals surface area contributed by atoms with E-state index in [-0.39, 0.29) is 5.97 Å². The third kappa shape index (κ3) is 2.07. The smallest absolute Gasteiger partial charge is 0.333 e. The molecule has 1 fully saturated rings. The van der Waals surface area contributed by atoms with Crippen LogP contribution in [-0.4, -0.2) is 22.9 Å². The third-order valence-electron chi connectivity index (χ3n) is 3.76. The van der Waals surface area contributed by atoms with Gasteiger partial charge in [-0.25, -0.2) is 4.79 Å². The summed E-state index contributed by atoms with van der Waals surface area (Å²) >= 11 is 0. The van der Waals surface area contributed by atoms with E-state index in [4.69, 9.17) is 4.74 Å². The molecule has 1 heterocycles. The van der Waals surface area contributed by atoms with E-state index in [0.29, 0.717) is 0 Å². The van der Waals surface area contributed by atoms with E-state index in [1.54, 1.807) is 10.9 Å². The van der Waals surface area contributed by atoms with Crippen LogP contribution in [0.1, 0.15) is 44.6 Å². The summed E-state index contributed by atoms with van der Waals surface area (Å²) < 4.78 is 6.77. The summed E-state index contributed by atoms with van der Waals surface area (Å²) in [5.41, 5.74) is 1.32. The van der Waals surface area contributed by atoms with E-state index in [1.165, 1.54) is 13.5 Å². The average molecular weight is 248 g/mol. The van der Waals surface area contributed by atoms with Crippen LogP contribution in [0.3, 0.4) is 0 Å². The van der Waals surface area contributed by atoms with Gasteiger partial charge in [-0.05, 0) is 25.3 Å². The van der Waals surface area contributed by atoms with Gasteiger partial charge in [0.1, 0.15) is 0 Å². The Morgan fingerprint density at radius 1 is 1.44 bits per heavy atom. The molecule has 0 unspecified atom stereocenters. The topological polar surface area (TPSA) is 44.1 Å². The molecule has 0 atom stereocenters. The van der Waals surface area contributed by atoms with Gasteiger partial charge in [-0.3, -0.25) is 4.68 Å². The number of allylic oxidation sites excluding steroid dienone is 1. The fraction of sp³-hybridized carbons (Fsp3) is 0.571. The Bertz CT molecular complexity index is 456. The maximum Gasteiger partial charge on any atom is 0.333 e. The van der Waals surface area contributed by atoms with Gasteiger partial charge in [0.25, 0.3) is 0 Å². The van der Waals surface area contributed by atoms with E-state index in [0.717, 1.165) is 36.8 Å². The number of hydrogen-bond acceptors (Lipinski definition) is 3. The van der Waals surface area contributed by atoms with Gasteiger partial charge >= 0.3 is 5.97 Å². The number of nitrogens with zero attached hydrogens (tertiary/aromatic N) is 2. The highest BCUT2D eigenvalue weighted by Crippen LogP contribution is 2.36. The van der Waals surface area contributed by atoms with Gasteiger partial charge in [-0.15, -0.1) is 0 Å². The average Bonchev–Trinajstić information content (AvgIpc) is 2.88. The highest BCUT2D eigenvalue weighted by atomic mass is 16.5. The van der Waals surface area contributed by atoms with Crippen LogP contribution < -0.4 is 0 Å². The number of rotatable bonds is 3. The Morgan fingerprint density at radius 2 is 2.11 bits per heavy atom. The fourth-order valence-electron chi connectivity index (χ4n) is 2.63. The van der Waals surface area contributed by atoms with Crippen LogP contribution in [0.4, 0.5) is 0 Å². The molecule has 0 bridgehead atoms. The van der Waals surface area contributed by atoms with Crippen molar-refractivity contribution in [2.75, 3.05) is 7.11 Å². The molecule has 1 aromatic rings. The monoisotopic (exact) mass is 248 g/mol. The molecule has 0 N–H and O–H groups in total. The second-order valence-corrected chi connectivity index (χ2v) is 5.04. The van der Waals surface area contributed by atoms with Gasteiger partial charge in [0, 0.05) is 11.8 Å². The Hall–Kier alpha value is -1.58. The van der Waals surface area contributed by atoms with Crippen molar-refractivity contribution in [2.24, 2.45) is 0 Å². The highest BCUT2D eigenvalue weighted by molar-refractivity contribution is 5.79. The minimum Gasteiger partial charge on any atom is -0.467 e. The predicted molar refractivity (Wildman–Crippen MR) is 70.0 cm³/mol. The molecule has 0 aliphatic heterocycles. The molecule has 2 rings (SSSR count). The lowest BCUT2D eigenvalue weighted by molar-refractivity contribution is -0.154. The zero-order chi connectivity index (χ0) is 13.2. The van der Waals surface area contributed by atoms with Crippen LogP contribution in [-0.2, 0) is 15.1 Å². The number of esters is 1. The molecule has 1 aromatic heterocycles. The van der Waals surface area contributed by atoms with Crippen molar-refractivity contribution in [3.63, 3.8) is 0 Å². The van der Waals surface area contributed by atoms with Crippen molar-refractivity contribution in [1.29, 1.82) is 0 Å². The van der Waals surface area contributed by atoms with Crippen LogP contribution in [0.15, 0.2) is 19.0 Å². The Kier molecular flexibility index (Phi) is 3.55. The van der Waals surface area contributed by atoms with Crippen molar-refractivity contribution < 1.29 is 9.53 Å². The number of methoxy groups -OCH3 is 1. The van der Waals surface area contributed by atoms with E-state index < -0.39 is 5.54 Å². The molecule has 0 spiro atoms. The molecule has 18 heavy (non-hydrogen) atoms. The molecule has 4 heteroatoms. The van der Waals surface area contributed by atoms with Gasteiger partial charge in [0.2, 0.25) is 0 Å². The number of carbonyl (C=O) groups excluding carboxylic acids is 1. The summed E-state index contributed by atoms with van der Waals surface area (Å²) in [5, 5.41) is 4.36. The first-order valence-electron chi connectivity index (χ1n) is 6.39. The SMILES string of the molecule is C=C(C)c1cnn(C2(C(=O)OC)CCCCC2)c1.